The fraction of sp³-hybridized carbons (Fsp3) is 0.381. The first kappa shape index (κ1) is 19.0. The number of hydrogen-bond donors (Lipinski definition) is 0. The normalized spacial score (nSPS) is 23.7. The Hall–Kier alpha value is -2.73. The van der Waals surface area contributed by atoms with Crippen LogP contribution in [-0.2, 0) is 20.7 Å². The first-order chi connectivity index (χ1) is 13.1. The number of methoxy groups -OCH3 is 2. The van der Waals surface area contributed by atoms with Gasteiger partial charge in [0.25, 0.3) is 5.79 Å². The van der Waals surface area contributed by atoms with Gasteiger partial charge < -0.3 is 18.9 Å². The standard InChI is InChI=1S/C21H24O6/c1-5-7-14-9-17(23-3)20(18(10-14)24-4)27-21-12-15(8-6-2)16(22)11-19(21)25-13-26-21/h5-6,9-11,15H,1-2,7-8,12-13H2,3-4H3/t15-,21-/m1/s1. The van der Waals surface area contributed by atoms with Crippen molar-refractivity contribution < 1.29 is 28.5 Å². The van der Waals surface area contributed by atoms with Crippen molar-refractivity contribution in [3.63, 3.8) is 0 Å². The molecule has 1 saturated heterocycles. The third kappa shape index (κ3) is 3.57. The van der Waals surface area contributed by atoms with Crippen LogP contribution in [0.2, 0.25) is 0 Å². The molecule has 1 aromatic carbocycles. The number of carbonyl (C=O) groups is 1. The van der Waals surface area contributed by atoms with Crippen molar-refractivity contribution in [3.8, 4) is 17.2 Å². The summed E-state index contributed by atoms with van der Waals surface area (Å²) in [5, 5.41) is 0. The van der Waals surface area contributed by atoms with Crippen molar-refractivity contribution >= 4 is 5.78 Å². The van der Waals surface area contributed by atoms with E-state index >= 15 is 0 Å². The molecule has 1 aliphatic carbocycles. The van der Waals surface area contributed by atoms with Gasteiger partial charge in [0.15, 0.2) is 29.8 Å². The van der Waals surface area contributed by atoms with Gasteiger partial charge >= 0.3 is 0 Å². The largest absolute Gasteiger partial charge is 0.493 e. The minimum Gasteiger partial charge on any atom is -0.493 e. The molecule has 3 rings (SSSR count). The topological polar surface area (TPSA) is 63.2 Å². The molecular formula is C21H24O6. The van der Waals surface area contributed by atoms with Crippen LogP contribution < -0.4 is 14.2 Å². The van der Waals surface area contributed by atoms with E-state index in [-0.39, 0.29) is 18.5 Å². The molecular weight excluding hydrogens is 348 g/mol. The Morgan fingerprint density at radius 1 is 1.22 bits per heavy atom. The number of allylic oxidation sites excluding steroid dienone is 3. The number of ketones is 1. The maximum atomic E-state index is 12.3. The highest BCUT2D eigenvalue weighted by Gasteiger charge is 2.51. The molecule has 0 bridgehead atoms. The van der Waals surface area contributed by atoms with Crippen molar-refractivity contribution in [2.24, 2.45) is 5.92 Å². The van der Waals surface area contributed by atoms with Crippen molar-refractivity contribution in [1.29, 1.82) is 0 Å². The molecule has 0 unspecified atom stereocenters. The van der Waals surface area contributed by atoms with E-state index in [4.69, 9.17) is 23.7 Å². The molecule has 6 nitrogen and oxygen atoms in total. The minimum absolute atomic E-state index is 0.0130. The van der Waals surface area contributed by atoms with E-state index in [0.29, 0.717) is 42.3 Å². The summed E-state index contributed by atoms with van der Waals surface area (Å²) in [6, 6.07) is 3.73. The van der Waals surface area contributed by atoms with Gasteiger partial charge in [-0.2, -0.15) is 0 Å². The zero-order chi connectivity index (χ0) is 19.4. The summed E-state index contributed by atoms with van der Waals surface area (Å²) in [7, 11) is 3.12. The van der Waals surface area contributed by atoms with Crippen LogP contribution in [0.4, 0.5) is 0 Å². The second-order valence-corrected chi connectivity index (χ2v) is 6.42. The quantitative estimate of drug-likeness (QED) is 0.650. The predicted octanol–water partition coefficient (Wildman–Crippen LogP) is 3.56. The van der Waals surface area contributed by atoms with Crippen LogP contribution in [0.5, 0.6) is 17.2 Å². The molecule has 27 heavy (non-hydrogen) atoms. The fourth-order valence-corrected chi connectivity index (χ4v) is 3.36. The summed E-state index contributed by atoms with van der Waals surface area (Å²) in [5.74, 6) is 0.283. The van der Waals surface area contributed by atoms with E-state index in [1.54, 1.807) is 26.4 Å². The first-order valence-corrected chi connectivity index (χ1v) is 8.75. The van der Waals surface area contributed by atoms with Gasteiger partial charge in [0.1, 0.15) is 0 Å². The van der Waals surface area contributed by atoms with E-state index in [0.717, 1.165) is 5.56 Å². The minimum atomic E-state index is -1.19. The van der Waals surface area contributed by atoms with Crippen molar-refractivity contribution in [2.45, 2.75) is 25.0 Å². The average Bonchev–Trinajstić information content (AvgIpc) is 3.05. The average molecular weight is 372 g/mol. The number of benzene rings is 1. The van der Waals surface area contributed by atoms with Crippen molar-refractivity contribution in [3.05, 3.63) is 54.8 Å². The van der Waals surface area contributed by atoms with Gasteiger partial charge in [0.05, 0.1) is 14.2 Å². The Balaban J connectivity index is 2.02. The third-order valence-corrected chi connectivity index (χ3v) is 4.69. The molecule has 0 radical (unpaired) electrons. The highest BCUT2D eigenvalue weighted by Crippen LogP contribution is 2.47. The first-order valence-electron chi connectivity index (χ1n) is 8.75. The Labute approximate surface area is 159 Å². The van der Waals surface area contributed by atoms with Gasteiger partial charge in [0, 0.05) is 18.4 Å². The second-order valence-electron chi connectivity index (χ2n) is 6.42. The fourth-order valence-electron chi connectivity index (χ4n) is 3.36. The molecule has 0 aromatic heterocycles. The van der Waals surface area contributed by atoms with Crippen LogP contribution >= 0.6 is 0 Å². The zero-order valence-corrected chi connectivity index (χ0v) is 15.7. The van der Waals surface area contributed by atoms with Gasteiger partial charge in [-0.3, -0.25) is 9.53 Å². The molecule has 2 atom stereocenters. The maximum Gasteiger partial charge on any atom is 0.273 e. The molecule has 0 amide bonds. The number of fused-ring (bicyclic) bond motifs is 1. The van der Waals surface area contributed by atoms with Crippen LogP contribution in [0.25, 0.3) is 0 Å². The lowest BCUT2D eigenvalue weighted by Crippen LogP contribution is -2.44. The van der Waals surface area contributed by atoms with E-state index in [1.807, 2.05) is 12.1 Å². The number of rotatable bonds is 8. The molecule has 6 heteroatoms. The third-order valence-electron chi connectivity index (χ3n) is 4.69. The molecule has 1 heterocycles. The molecule has 0 N–H and O–H groups in total. The summed E-state index contributed by atoms with van der Waals surface area (Å²) in [5.41, 5.74) is 0.978. The molecule has 1 aliphatic heterocycles. The molecule has 0 spiro atoms. The summed E-state index contributed by atoms with van der Waals surface area (Å²) in [4.78, 5) is 12.3. The lowest BCUT2D eigenvalue weighted by molar-refractivity contribution is -0.154. The predicted molar refractivity (Wildman–Crippen MR) is 99.9 cm³/mol. The molecule has 1 aromatic rings. The Morgan fingerprint density at radius 2 is 1.93 bits per heavy atom. The lowest BCUT2D eigenvalue weighted by Gasteiger charge is -2.34. The molecule has 144 valence electrons. The Morgan fingerprint density at radius 3 is 2.52 bits per heavy atom. The highest BCUT2D eigenvalue weighted by atomic mass is 16.8. The van der Waals surface area contributed by atoms with Crippen molar-refractivity contribution in [1.82, 2.24) is 0 Å². The number of carbonyl (C=O) groups excluding carboxylic acids is 1. The van der Waals surface area contributed by atoms with Gasteiger partial charge in [-0.15, -0.1) is 13.2 Å². The Bertz CT molecular complexity index is 756. The maximum absolute atomic E-state index is 12.3. The summed E-state index contributed by atoms with van der Waals surface area (Å²) >= 11 is 0. The summed E-state index contributed by atoms with van der Waals surface area (Å²) in [6.45, 7) is 7.50. The van der Waals surface area contributed by atoms with Crippen molar-refractivity contribution in [2.75, 3.05) is 21.0 Å². The number of hydrogen-bond acceptors (Lipinski definition) is 6. The van der Waals surface area contributed by atoms with E-state index in [1.165, 1.54) is 6.08 Å². The summed E-state index contributed by atoms with van der Waals surface area (Å²) < 4.78 is 28.7. The van der Waals surface area contributed by atoms with Crippen LogP contribution in [0, 0.1) is 5.92 Å². The van der Waals surface area contributed by atoms with E-state index in [9.17, 15) is 4.79 Å². The van der Waals surface area contributed by atoms with Gasteiger partial charge in [0.2, 0.25) is 5.75 Å². The smallest absolute Gasteiger partial charge is 0.273 e. The molecule has 2 aliphatic rings. The highest BCUT2D eigenvalue weighted by molar-refractivity contribution is 5.93. The van der Waals surface area contributed by atoms with Crippen LogP contribution in [0.1, 0.15) is 18.4 Å². The van der Waals surface area contributed by atoms with E-state index < -0.39 is 5.79 Å². The summed E-state index contributed by atoms with van der Waals surface area (Å²) in [6.07, 6.45) is 6.49. The monoisotopic (exact) mass is 372 g/mol. The van der Waals surface area contributed by atoms with Gasteiger partial charge in [-0.25, -0.2) is 0 Å². The van der Waals surface area contributed by atoms with Crippen LogP contribution in [0.3, 0.4) is 0 Å². The van der Waals surface area contributed by atoms with E-state index in [2.05, 4.69) is 13.2 Å². The Kier molecular flexibility index (Phi) is 5.56. The SMILES string of the molecule is C=CCc1cc(OC)c(O[C@]23C[C@@H](CC=C)C(=O)C=C2OCO3)c(OC)c1. The number of ether oxygens (including phenoxy) is 5. The van der Waals surface area contributed by atoms with Crippen LogP contribution in [0.15, 0.2) is 49.3 Å². The van der Waals surface area contributed by atoms with Gasteiger partial charge in [-0.05, 0) is 30.5 Å². The zero-order valence-electron chi connectivity index (χ0n) is 15.7. The van der Waals surface area contributed by atoms with Crippen LogP contribution in [-0.4, -0.2) is 32.6 Å². The second kappa shape index (κ2) is 7.88. The lowest BCUT2D eigenvalue weighted by atomic mass is 9.85. The molecule has 0 saturated carbocycles. The molecule has 1 fully saturated rings. The van der Waals surface area contributed by atoms with Gasteiger partial charge in [-0.1, -0.05) is 12.2 Å².